The number of carbonyl (C=O) groups is 1. The van der Waals surface area contributed by atoms with E-state index in [1.54, 1.807) is 19.4 Å². The number of carbonyl (C=O) groups excluding carboxylic acids is 1. The molecule has 1 fully saturated rings. The Bertz CT molecular complexity index is 454. The van der Waals surface area contributed by atoms with Crippen LogP contribution in [0.25, 0.3) is 0 Å². The average Bonchev–Trinajstić information content (AvgIpc) is 2.42. The molecule has 0 atom stereocenters. The van der Waals surface area contributed by atoms with Crippen LogP contribution in [0.2, 0.25) is 0 Å². The highest BCUT2D eigenvalue weighted by Gasteiger charge is 2.24. The first-order chi connectivity index (χ1) is 9.11. The zero-order chi connectivity index (χ0) is 13.8. The van der Waals surface area contributed by atoms with Crippen LogP contribution in [0.3, 0.4) is 0 Å². The number of pyridine rings is 1. The lowest BCUT2D eigenvalue weighted by molar-refractivity contribution is 0.0612. The third-order valence-electron chi connectivity index (χ3n) is 3.64. The molecule has 19 heavy (non-hydrogen) atoms. The standard InChI is InChI=1S/C14H21N3O2/c1-10-13(7-12(15)8-16-10)14(18)17-5-3-11(4-6-17)9-19-2/h7-8,11H,3-6,9,15H2,1-2H3. The largest absolute Gasteiger partial charge is 0.397 e. The molecule has 0 aromatic carbocycles. The molecule has 1 aliphatic heterocycles. The van der Waals surface area contributed by atoms with Crippen molar-refractivity contribution in [2.45, 2.75) is 19.8 Å². The lowest BCUT2D eigenvalue weighted by atomic mass is 9.97. The number of anilines is 1. The van der Waals surface area contributed by atoms with Gasteiger partial charge in [0.2, 0.25) is 0 Å². The lowest BCUT2D eigenvalue weighted by Crippen LogP contribution is -2.39. The van der Waals surface area contributed by atoms with E-state index in [9.17, 15) is 4.79 Å². The normalized spacial score (nSPS) is 16.6. The molecule has 2 heterocycles. The van der Waals surface area contributed by atoms with Gasteiger partial charge in [-0.05, 0) is 31.7 Å². The number of aryl methyl sites for hydroxylation is 1. The second-order valence-corrected chi connectivity index (χ2v) is 5.09. The third kappa shape index (κ3) is 3.23. The van der Waals surface area contributed by atoms with E-state index in [-0.39, 0.29) is 5.91 Å². The number of nitrogen functional groups attached to an aromatic ring is 1. The Balaban J connectivity index is 2.03. The molecule has 1 saturated heterocycles. The summed E-state index contributed by atoms with van der Waals surface area (Å²) in [7, 11) is 1.72. The van der Waals surface area contributed by atoms with Gasteiger partial charge in [-0.3, -0.25) is 9.78 Å². The van der Waals surface area contributed by atoms with E-state index >= 15 is 0 Å². The molecule has 1 aromatic rings. The predicted octanol–water partition coefficient (Wildman–Crippen LogP) is 1.47. The number of nitrogens with zero attached hydrogens (tertiary/aromatic N) is 2. The van der Waals surface area contributed by atoms with Gasteiger partial charge in [-0.1, -0.05) is 0 Å². The maximum atomic E-state index is 12.4. The molecule has 5 nitrogen and oxygen atoms in total. The second kappa shape index (κ2) is 6.02. The number of amides is 1. The van der Waals surface area contributed by atoms with E-state index in [0.717, 1.165) is 38.2 Å². The van der Waals surface area contributed by atoms with Crippen molar-refractivity contribution in [2.24, 2.45) is 5.92 Å². The smallest absolute Gasteiger partial charge is 0.255 e. The molecular formula is C14H21N3O2. The third-order valence-corrected chi connectivity index (χ3v) is 3.64. The summed E-state index contributed by atoms with van der Waals surface area (Å²) in [5, 5.41) is 0. The van der Waals surface area contributed by atoms with Crippen molar-refractivity contribution in [3.05, 3.63) is 23.5 Å². The number of hydrogen-bond donors (Lipinski definition) is 1. The number of aromatic nitrogens is 1. The minimum Gasteiger partial charge on any atom is -0.397 e. The Labute approximate surface area is 113 Å². The minimum absolute atomic E-state index is 0.0353. The number of likely N-dealkylation sites (tertiary alicyclic amines) is 1. The van der Waals surface area contributed by atoms with Gasteiger partial charge in [-0.2, -0.15) is 0 Å². The zero-order valence-electron chi connectivity index (χ0n) is 11.6. The van der Waals surface area contributed by atoms with Gasteiger partial charge in [-0.25, -0.2) is 0 Å². The fourth-order valence-corrected chi connectivity index (χ4v) is 2.47. The molecule has 1 aliphatic rings. The molecule has 0 aliphatic carbocycles. The topological polar surface area (TPSA) is 68.5 Å². The maximum Gasteiger partial charge on any atom is 0.255 e. The van der Waals surface area contributed by atoms with E-state index in [2.05, 4.69) is 4.98 Å². The van der Waals surface area contributed by atoms with Crippen LogP contribution in [0.4, 0.5) is 5.69 Å². The number of nitrogens with two attached hydrogens (primary N) is 1. The first-order valence-corrected chi connectivity index (χ1v) is 6.62. The summed E-state index contributed by atoms with van der Waals surface area (Å²) in [4.78, 5) is 18.5. The highest BCUT2D eigenvalue weighted by molar-refractivity contribution is 5.96. The highest BCUT2D eigenvalue weighted by atomic mass is 16.5. The Hall–Kier alpha value is -1.62. The fourth-order valence-electron chi connectivity index (χ4n) is 2.47. The monoisotopic (exact) mass is 263 g/mol. The molecule has 0 bridgehead atoms. The molecule has 1 aromatic heterocycles. The van der Waals surface area contributed by atoms with Gasteiger partial charge in [0.1, 0.15) is 0 Å². The molecule has 0 spiro atoms. The van der Waals surface area contributed by atoms with Crippen LogP contribution < -0.4 is 5.73 Å². The summed E-state index contributed by atoms with van der Waals surface area (Å²) < 4.78 is 5.17. The summed E-state index contributed by atoms with van der Waals surface area (Å²) in [5.74, 6) is 0.599. The van der Waals surface area contributed by atoms with Gasteiger partial charge in [0, 0.05) is 26.8 Å². The average molecular weight is 263 g/mol. The van der Waals surface area contributed by atoms with Crippen molar-refractivity contribution in [1.82, 2.24) is 9.88 Å². The van der Waals surface area contributed by atoms with Crippen LogP contribution in [0.15, 0.2) is 12.3 Å². The second-order valence-electron chi connectivity index (χ2n) is 5.09. The molecule has 0 unspecified atom stereocenters. The van der Waals surface area contributed by atoms with Gasteiger partial charge < -0.3 is 15.4 Å². The molecule has 5 heteroatoms. The Morgan fingerprint density at radius 1 is 1.53 bits per heavy atom. The highest BCUT2D eigenvalue weighted by Crippen LogP contribution is 2.20. The Morgan fingerprint density at radius 2 is 2.21 bits per heavy atom. The molecular weight excluding hydrogens is 242 g/mol. The molecule has 0 saturated carbocycles. The number of hydrogen-bond acceptors (Lipinski definition) is 4. The van der Waals surface area contributed by atoms with Crippen LogP contribution in [0.1, 0.15) is 28.9 Å². The van der Waals surface area contributed by atoms with Gasteiger partial charge >= 0.3 is 0 Å². The molecule has 104 valence electrons. The Kier molecular flexibility index (Phi) is 4.37. The van der Waals surface area contributed by atoms with Crippen LogP contribution >= 0.6 is 0 Å². The van der Waals surface area contributed by atoms with Crippen molar-refractivity contribution in [3.8, 4) is 0 Å². The van der Waals surface area contributed by atoms with Gasteiger partial charge in [0.05, 0.1) is 23.1 Å². The van der Waals surface area contributed by atoms with Crippen molar-refractivity contribution in [2.75, 3.05) is 32.5 Å². The quantitative estimate of drug-likeness (QED) is 0.896. The van der Waals surface area contributed by atoms with Crippen LogP contribution in [0, 0.1) is 12.8 Å². The SMILES string of the molecule is COCC1CCN(C(=O)c2cc(N)cnc2C)CC1. The maximum absolute atomic E-state index is 12.4. The number of rotatable bonds is 3. The molecule has 2 rings (SSSR count). The first kappa shape index (κ1) is 13.8. The summed E-state index contributed by atoms with van der Waals surface area (Å²) in [6.45, 7) is 4.17. The van der Waals surface area contributed by atoms with Crippen molar-refractivity contribution >= 4 is 11.6 Å². The van der Waals surface area contributed by atoms with Crippen LogP contribution in [-0.4, -0.2) is 42.6 Å². The first-order valence-electron chi connectivity index (χ1n) is 6.62. The van der Waals surface area contributed by atoms with E-state index < -0.39 is 0 Å². The minimum atomic E-state index is 0.0353. The number of ether oxygens (including phenoxy) is 1. The number of piperidine rings is 1. The van der Waals surface area contributed by atoms with E-state index in [4.69, 9.17) is 10.5 Å². The van der Waals surface area contributed by atoms with Crippen LogP contribution in [-0.2, 0) is 4.74 Å². The van der Waals surface area contributed by atoms with Gasteiger partial charge in [0.25, 0.3) is 5.91 Å². The molecule has 2 N–H and O–H groups in total. The summed E-state index contributed by atoms with van der Waals surface area (Å²) in [5.41, 5.74) is 7.59. The van der Waals surface area contributed by atoms with E-state index in [1.807, 2.05) is 11.8 Å². The molecule has 1 amide bonds. The number of methoxy groups -OCH3 is 1. The predicted molar refractivity (Wildman–Crippen MR) is 73.9 cm³/mol. The van der Waals surface area contributed by atoms with Crippen molar-refractivity contribution < 1.29 is 9.53 Å². The van der Waals surface area contributed by atoms with E-state index in [0.29, 0.717) is 17.2 Å². The Morgan fingerprint density at radius 3 is 2.84 bits per heavy atom. The fraction of sp³-hybridized carbons (Fsp3) is 0.571. The van der Waals surface area contributed by atoms with Crippen LogP contribution in [0.5, 0.6) is 0 Å². The van der Waals surface area contributed by atoms with E-state index in [1.165, 1.54) is 0 Å². The summed E-state index contributed by atoms with van der Waals surface area (Å²) in [6, 6.07) is 1.71. The van der Waals surface area contributed by atoms with Gasteiger partial charge in [-0.15, -0.1) is 0 Å². The van der Waals surface area contributed by atoms with Gasteiger partial charge in [0.15, 0.2) is 0 Å². The lowest BCUT2D eigenvalue weighted by Gasteiger charge is -2.32. The summed E-state index contributed by atoms with van der Waals surface area (Å²) in [6.07, 6.45) is 3.57. The molecule has 0 radical (unpaired) electrons. The summed E-state index contributed by atoms with van der Waals surface area (Å²) >= 11 is 0. The van der Waals surface area contributed by atoms with Crippen molar-refractivity contribution in [3.63, 3.8) is 0 Å². The zero-order valence-corrected chi connectivity index (χ0v) is 11.6. The van der Waals surface area contributed by atoms with Crippen molar-refractivity contribution in [1.29, 1.82) is 0 Å².